The molecular formula is C19H22N4O2. The van der Waals surface area contributed by atoms with Crippen molar-refractivity contribution in [2.75, 3.05) is 20.3 Å². The van der Waals surface area contributed by atoms with E-state index in [4.69, 9.17) is 9.72 Å². The van der Waals surface area contributed by atoms with Crippen LogP contribution in [0.2, 0.25) is 0 Å². The van der Waals surface area contributed by atoms with Crippen LogP contribution in [-0.2, 0) is 11.8 Å². The average Bonchev–Trinajstić information content (AvgIpc) is 2.96. The molecule has 130 valence electrons. The van der Waals surface area contributed by atoms with Gasteiger partial charge in [-0.1, -0.05) is 18.2 Å². The number of nitrogens with zero attached hydrogens (tertiary/aromatic N) is 3. The Morgan fingerprint density at radius 1 is 1.32 bits per heavy atom. The maximum atomic E-state index is 12.7. The van der Waals surface area contributed by atoms with Crippen molar-refractivity contribution in [2.24, 2.45) is 7.05 Å². The molecular weight excluding hydrogens is 316 g/mol. The Kier molecular flexibility index (Phi) is 5.09. The van der Waals surface area contributed by atoms with Crippen molar-refractivity contribution >= 4 is 16.8 Å². The van der Waals surface area contributed by atoms with Crippen LogP contribution in [0.5, 0.6) is 0 Å². The Balaban J connectivity index is 2.01. The minimum absolute atomic E-state index is 0.0995. The number of hydrogen-bond donors (Lipinski definition) is 1. The number of rotatable bonds is 6. The summed E-state index contributed by atoms with van der Waals surface area (Å²) in [6.45, 7) is 3.14. The van der Waals surface area contributed by atoms with Crippen molar-refractivity contribution in [3.8, 4) is 11.3 Å². The Morgan fingerprint density at radius 2 is 2.12 bits per heavy atom. The molecule has 0 saturated heterocycles. The number of para-hydroxylation sites is 1. The molecule has 0 spiro atoms. The lowest BCUT2D eigenvalue weighted by atomic mass is 10.0. The van der Waals surface area contributed by atoms with Gasteiger partial charge >= 0.3 is 0 Å². The summed E-state index contributed by atoms with van der Waals surface area (Å²) in [5, 5.41) is 8.18. The number of benzene rings is 1. The van der Waals surface area contributed by atoms with Crippen molar-refractivity contribution in [2.45, 2.75) is 13.3 Å². The molecule has 0 bridgehead atoms. The SMILES string of the molecule is COCCCNC(=O)c1cc(-c2cn(C)nc2C)nc2ccccc12. The van der Waals surface area contributed by atoms with Gasteiger partial charge in [0, 0.05) is 44.5 Å². The van der Waals surface area contributed by atoms with E-state index in [0.29, 0.717) is 18.7 Å². The molecule has 0 fully saturated rings. The zero-order valence-corrected chi connectivity index (χ0v) is 14.7. The van der Waals surface area contributed by atoms with Gasteiger partial charge in [-0.25, -0.2) is 4.98 Å². The Hall–Kier alpha value is -2.73. The molecule has 0 radical (unpaired) electrons. The van der Waals surface area contributed by atoms with E-state index < -0.39 is 0 Å². The summed E-state index contributed by atoms with van der Waals surface area (Å²) in [5.41, 5.74) is 4.00. The molecule has 25 heavy (non-hydrogen) atoms. The summed E-state index contributed by atoms with van der Waals surface area (Å²) in [5.74, 6) is -0.0995. The monoisotopic (exact) mass is 338 g/mol. The summed E-state index contributed by atoms with van der Waals surface area (Å²) in [6.07, 6.45) is 2.70. The molecule has 6 heteroatoms. The molecule has 0 aliphatic carbocycles. The van der Waals surface area contributed by atoms with Crippen molar-refractivity contribution in [3.63, 3.8) is 0 Å². The lowest BCUT2D eigenvalue weighted by Gasteiger charge is -2.10. The van der Waals surface area contributed by atoms with Crippen LogP contribution < -0.4 is 5.32 Å². The summed E-state index contributed by atoms with van der Waals surface area (Å²) in [4.78, 5) is 17.4. The summed E-state index contributed by atoms with van der Waals surface area (Å²) in [6, 6.07) is 9.53. The molecule has 2 aromatic heterocycles. The fraction of sp³-hybridized carbons (Fsp3) is 0.316. The van der Waals surface area contributed by atoms with Gasteiger partial charge in [0.2, 0.25) is 0 Å². The number of fused-ring (bicyclic) bond motifs is 1. The molecule has 0 saturated carbocycles. The lowest BCUT2D eigenvalue weighted by Crippen LogP contribution is -2.25. The highest BCUT2D eigenvalue weighted by Gasteiger charge is 2.15. The van der Waals surface area contributed by atoms with E-state index in [1.54, 1.807) is 11.8 Å². The van der Waals surface area contributed by atoms with Crippen molar-refractivity contribution in [1.29, 1.82) is 0 Å². The Labute approximate surface area is 146 Å². The standard InChI is InChI=1S/C19H22N4O2/c1-13-16(12-23(2)22-13)18-11-15(19(24)20-9-6-10-25-3)14-7-4-5-8-17(14)21-18/h4-5,7-8,11-12H,6,9-10H2,1-3H3,(H,20,24). The van der Waals surface area contributed by atoms with Crippen LogP contribution in [-0.4, -0.2) is 40.9 Å². The minimum atomic E-state index is -0.0995. The summed E-state index contributed by atoms with van der Waals surface area (Å²) >= 11 is 0. The van der Waals surface area contributed by atoms with Crippen LogP contribution in [0.4, 0.5) is 0 Å². The molecule has 0 aliphatic rings. The Bertz CT molecular complexity index is 902. The molecule has 3 aromatic rings. The largest absolute Gasteiger partial charge is 0.385 e. The van der Waals surface area contributed by atoms with Crippen molar-refractivity contribution in [3.05, 3.63) is 47.8 Å². The zero-order valence-electron chi connectivity index (χ0n) is 14.7. The van der Waals surface area contributed by atoms with E-state index in [1.165, 1.54) is 0 Å². The first kappa shape index (κ1) is 17.1. The third kappa shape index (κ3) is 3.69. The molecule has 0 aliphatic heterocycles. The number of aryl methyl sites for hydroxylation is 2. The number of carbonyl (C=O) groups is 1. The van der Waals surface area contributed by atoms with Gasteiger partial charge in [-0.15, -0.1) is 0 Å². The van der Waals surface area contributed by atoms with E-state index in [1.807, 2.05) is 50.5 Å². The molecule has 1 amide bonds. The number of nitrogens with one attached hydrogen (secondary N) is 1. The molecule has 0 atom stereocenters. The molecule has 2 heterocycles. The normalized spacial score (nSPS) is 11.0. The van der Waals surface area contributed by atoms with Gasteiger partial charge in [0.15, 0.2) is 0 Å². The van der Waals surface area contributed by atoms with E-state index in [9.17, 15) is 4.79 Å². The third-order valence-corrected chi connectivity index (χ3v) is 4.06. The maximum Gasteiger partial charge on any atom is 0.252 e. The Morgan fingerprint density at radius 3 is 2.84 bits per heavy atom. The first-order chi connectivity index (χ1) is 12.1. The maximum absolute atomic E-state index is 12.7. The average molecular weight is 338 g/mol. The first-order valence-electron chi connectivity index (χ1n) is 8.27. The third-order valence-electron chi connectivity index (χ3n) is 4.06. The molecule has 6 nitrogen and oxygen atoms in total. The number of aromatic nitrogens is 3. The number of amides is 1. The highest BCUT2D eigenvalue weighted by molar-refractivity contribution is 6.07. The number of carbonyl (C=O) groups excluding carboxylic acids is 1. The topological polar surface area (TPSA) is 69.0 Å². The quantitative estimate of drug-likeness (QED) is 0.702. The molecule has 1 N–H and O–H groups in total. The smallest absolute Gasteiger partial charge is 0.252 e. The van der Waals surface area contributed by atoms with Gasteiger partial charge in [-0.2, -0.15) is 5.10 Å². The van der Waals surface area contributed by atoms with Crippen LogP contribution >= 0.6 is 0 Å². The second kappa shape index (κ2) is 7.44. The predicted octanol–water partition coefficient (Wildman–Crippen LogP) is 2.71. The lowest BCUT2D eigenvalue weighted by molar-refractivity contribution is 0.0950. The second-order valence-electron chi connectivity index (χ2n) is 5.98. The van der Waals surface area contributed by atoms with Gasteiger partial charge in [0.25, 0.3) is 5.91 Å². The van der Waals surface area contributed by atoms with Gasteiger partial charge in [-0.3, -0.25) is 9.48 Å². The molecule has 1 aromatic carbocycles. The van der Waals surface area contributed by atoms with Gasteiger partial charge in [0.1, 0.15) is 0 Å². The van der Waals surface area contributed by atoms with Gasteiger partial charge in [0.05, 0.1) is 22.5 Å². The van der Waals surface area contributed by atoms with E-state index in [0.717, 1.165) is 34.3 Å². The molecule has 0 unspecified atom stereocenters. The zero-order chi connectivity index (χ0) is 17.8. The highest BCUT2D eigenvalue weighted by Crippen LogP contribution is 2.26. The van der Waals surface area contributed by atoms with Crippen molar-refractivity contribution < 1.29 is 9.53 Å². The van der Waals surface area contributed by atoms with Crippen LogP contribution in [0.25, 0.3) is 22.2 Å². The second-order valence-corrected chi connectivity index (χ2v) is 5.98. The van der Waals surface area contributed by atoms with Gasteiger partial charge in [-0.05, 0) is 25.5 Å². The first-order valence-corrected chi connectivity index (χ1v) is 8.27. The molecule has 3 rings (SSSR count). The summed E-state index contributed by atoms with van der Waals surface area (Å²) in [7, 11) is 3.53. The number of ether oxygens (including phenoxy) is 1. The van der Waals surface area contributed by atoms with Crippen LogP contribution in [0.3, 0.4) is 0 Å². The van der Waals surface area contributed by atoms with Crippen LogP contribution in [0.15, 0.2) is 36.5 Å². The summed E-state index contributed by atoms with van der Waals surface area (Å²) < 4.78 is 6.78. The van der Waals surface area contributed by atoms with Gasteiger partial charge < -0.3 is 10.1 Å². The van der Waals surface area contributed by atoms with E-state index >= 15 is 0 Å². The van der Waals surface area contributed by atoms with E-state index in [2.05, 4.69) is 10.4 Å². The van der Waals surface area contributed by atoms with E-state index in [-0.39, 0.29) is 5.91 Å². The number of hydrogen-bond acceptors (Lipinski definition) is 4. The van der Waals surface area contributed by atoms with Crippen LogP contribution in [0, 0.1) is 6.92 Å². The number of pyridine rings is 1. The number of methoxy groups -OCH3 is 1. The predicted molar refractivity (Wildman–Crippen MR) is 97.5 cm³/mol. The van der Waals surface area contributed by atoms with Crippen LogP contribution in [0.1, 0.15) is 22.5 Å². The fourth-order valence-corrected chi connectivity index (χ4v) is 2.87. The minimum Gasteiger partial charge on any atom is -0.385 e. The highest BCUT2D eigenvalue weighted by atomic mass is 16.5. The van der Waals surface area contributed by atoms with Crippen molar-refractivity contribution in [1.82, 2.24) is 20.1 Å². The fourth-order valence-electron chi connectivity index (χ4n) is 2.87.